The van der Waals surface area contributed by atoms with Crippen molar-refractivity contribution in [2.24, 2.45) is 23.7 Å². The number of hydrogen-bond acceptors (Lipinski definition) is 2. The highest BCUT2D eigenvalue weighted by Gasteiger charge is 2.57. The molecule has 4 atom stereocenters. The van der Waals surface area contributed by atoms with Crippen LogP contribution in [0.15, 0.2) is 30.3 Å². The third kappa shape index (κ3) is 3.12. The third-order valence-corrected chi connectivity index (χ3v) is 5.74. The lowest BCUT2D eigenvalue weighted by Gasteiger charge is -2.27. The summed E-state index contributed by atoms with van der Waals surface area (Å²) in [5, 5.41) is 10.8. The number of aliphatic hydroxyl groups is 1. The molecule has 2 saturated carbocycles. The summed E-state index contributed by atoms with van der Waals surface area (Å²) >= 11 is 0. The molecular formula is C20H28O2. The highest BCUT2D eigenvalue weighted by atomic mass is 16.3. The van der Waals surface area contributed by atoms with E-state index in [2.05, 4.69) is 6.92 Å². The average Bonchev–Trinajstić information content (AvgIpc) is 3.29. The van der Waals surface area contributed by atoms with E-state index in [4.69, 9.17) is 0 Å². The largest absolute Gasteiger partial charge is 0.393 e. The first-order valence-electron chi connectivity index (χ1n) is 9.01. The molecule has 2 aliphatic rings. The molecule has 2 nitrogen and oxygen atoms in total. The summed E-state index contributed by atoms with van der Waals surface area (Å²) in [5.41, 5.74) is 0.812. The van der Waals surface area contributed by atoms with Crippen molar-refractivity contribution in [3.05, 3.63) is 35.9 Å². The SMILES string of the molecule is CCC[C@H]1[C@H](C(=O)c2ccccc2)[C@@H]1[C@@H](O)C1CCCCC1. The number of Topliss-reactive ketones (excluding diaryl/α,β-unsaturated/α-hetero) is 1. The van der Waals surface area contributed by atoms with Gasteiger partial charge in [0, 0.05) is 11.5 Å². The molecule has 0 unspecified atom stereocenters. The van der Waals surface area contributed by atoms with Gasteiger partial charge in [0.2, 0.25) is 0 Å². The Bertz CT molecular complexity index is 490. The van der Waals surface area contributed by atoms with Crippen LogP contribution in [0.1, 0.15) is 62.2 Å². The molecule has 0 amide bonds. The fourth-order valence-electron chi connectivity index (χ4n) is 4.53. The smallest absolute Gasteiger partial charge is 0.166 e. The lowest BCUT2D eigenvalue weighted by molar-refractivity contribution is 0.0555. The van der Waals surface area contributed by atoms with Crippen molar-refractivity contribution in [1.29, 1.82) is 0 Å². The zero-order valence-corrected chi connectivity index (χ0v) is 13.6. The monoisotopic (exact) mass is 300 g/mol. The maximum atomic E-state index is 12.8. The van der Waals surface area contributed by atoms with Crippen molar-refractivity contribution in [2.45, 2.75) is 58.0 Å². The molecule has 0 radical (unpaired) electrons. The van der Waals surface area contributed by atoms with Gasteiger partial charge in [-0.25, -0.2) is 0 Å². The van der Waals surface area contributed by atoms with Gasteiger partial charge in [-0.05, 0) is 37.0 Å². The van der Waals surface area contributed by atoms with Crippen LogP contribution in [0.4, 0.5) is 0 Å². The molecule has 2 aliphatic carbocycles. The number of rotatable bonds is 6. The second-order valence-corrected chi connectivity index (χ2v) is 7.17. The number of ketones is 1. The summed E-state index contributed by atoms with van der Waals surface area (Å²) in [6, 6.07) is 9.62. The molecule has 0 bridgehead atoms. The maximum absolute atomic E-state index is 12.8. The lowest BCUT2D eigenvalue weighted by Crippen LogP contribution is -2.26. The number of benzene rings is 1. The Morgan fingerprint density at radius 3 is 2.50 bits per heavy atom. The Morgan fingerprint density at radius 1 is 1.18 bits per heavy atom. The number of hydrogen-bond donors (Lipinski definition) is 1. The van der Waals surface area contributed by atoms with Gasteiger partial charge in [0.15, 0.2) is 5.78 Å². The molecule has 0 saturated heterocycles. The molecule has 2 fully saturated rings. The van der Waals surface area contributed by atoms with Crippen molar-refractivity contribution >= 4 is 5.78 Å². The van der Waals surface area contributed by atoms with Crippen LogP contribution in [-0.2, 0) is 0 Å². The van der Waals surface area contributed by atoms with Crippen LogP contribution in [0.2, 0.25) is 0 Å². The second kappa shape index (κ2) is 6.95. The Morgan fingerprint density at radius 2 is 1.86 bits per heavy atom. The number of carbonyl (C=O) groups is 1. The van der Waals surface area contributed by atoms with Crippen LogP contribution >= 0.6 is 0 Å². The van der Waals surface area contributed by atoms with Crippen LogP contribution < -0.4 is 0 Å². The zero-order valence-electron chi connectivity index (χ0n) is 13.6. The molecule has 0 heterocycles. The highest BCUT2D eigenvalue weighted by molar-refractivity contribution is 6.00. The first-order chi connectivity index (χ1) is 10.7. The molecule has 0 aromatic heterocycles. The Hall–Kier alpha value is -1.15. The van der Waals surface area contributed by atoms with Gasteiger partial charge >= 0.3 is 0 Å². The lowest BCUT2D eigenvalue weighted by atomic mass is 9.82. The summed E-state index contributed by atoms with van der Waals surface area (Å²) in [6.45, 7) is 2.17. The molecule has 120 valence electrons. The molecule has 0 aliphatic heterocycles. The molecule has 0 spiro atoms. The molecule has 3 rings (SSSR count). The van der Waals surface area contributed by atoms with Crippen molar-refractivity contribution in [1.82, 2.24) is 0 Å². The van der Waals surface area contributed by atoms with Gasteiger partial charge in [-0.2, -0.15) is 0 Å². The number of carbonyl (C=O) groups excluding carboxylic acids is 1. The minimum absolute atomic E-state index is 0.0549. The summed E-state index contributed by atoms with van der Waals surface area (Å²) in [5.74, 6) is 1.33. The number of aliphatic hydroxyl groups excluding tert-OH is 1. The van der Waals surface area contributed by atoms with Crippen LogP contribution in [0, 0.1) is 23.7 Å². The van der Waals surface area contributed by atoms with E-state index in [0.717, 1.165) is 31.2 Å². The van der Waals surface area contributed by atoms with E-state index in [1.54, 1.807) is 0 Å². The van der Waals surface area contributed by atoms with E-state index in [-0.39, 0.29) is 23.7 Å². The highest BCUT2D eigenvalue weighted by Crippen LogP contribution is 2.55. The topological polar surface area (TPSA) is 37.3 Å². The van der Waals surface area contributed by atoms with Crippen molar-refractivity contribution in [3.8, 4) is 0 Å². The van der Waals surface area contributed by atoms with Crippen molar-refractivity contribution in [3.63, 3.8) is 0 Å². The summed E-state index contributed by atoms with van der Waals surface area (Å²) in [7, 11) is 0. The van der Waals surface area contributed by atoms with E-state index in [0.29, 0.717) is 11.8 Å². The standard InChI is InChI=1S/C20H28O2/c1-2-9-16-17(19(21)14-10-5-3-6-11-14)18(16)20(22)15-12-7-4-8-13-15/h3,5-6,10-11,15-18,20,22H,2,4,7-9,12-13H2,1H3/t16-,17-,18+,20-/m0/s1. The second-order valence-electron chi connectivity index (χ2n) is 7.17. The van der Waals surface area contributed by atoms with Gasteiger partial charge in [0.05, 0.1) is 6.10 Å². The Labute approximate surface area is 133 Å². The van der Waals surface area contributed by atoms with Crippen LogP contribution in [0.3, 0.4) is 0 Å². The Kier molecular flexibility index (Phi) is 4.97. The van der Waals surface area contributed by atoms with E-state index in [9.17, 15) is 9.90 Å². The molecule has 2 heteroatoms. The normalized spacial score (nSPS) is 30.0. The van der Waals surface area contributed by atoms with Gasteiger partial charge < -0.3 is 5.11 Å². The van der Waals surface area contributed by atoms with E-state index < -0.39 is 0 Å². The van der Waals surface area contributed by atoms with Gasteiger partial charge in [0.25, 0.3) is 0 Å². The fraction of sp³-hybridized carbons (Fsp3) is 0.650. The Balaban J connectivity index is 1.71. The predicted octanol–water partition coefficient (Wildman–Crippen LogP) is 4.47. The predicted molar refractivity (Wildman–Crippen MR) is 88.7 cm³/mol. The van der Waals surface area contributed by atoms with Crippen molar-refractivity contribution < 1.29 is 9.90 Å². The van der Waals surface area contributed by atoms with Gasteiger partial charge in [0.1, 0.15) is 0 Å². The summed E-state index contributed by atoms with van der Waals surface area (Å²) < 4.78 is 0. The van der Waals surface area contributed by atoms with E-state index >= 15 is 0 Å². The summed E-state index contributed by atoms with van der Waals surface area (Å²) in [4.78, 5) is 12.8. The van der Waals surface area contributed by atoms with E-state index in [1.165, 1.54) is 19.3 Å². The van der Waals surface area contributed by atoms with Gasteiger partial charge in [-0.1, -0.05) is 62.9 Å². The first-order valence-corrected chi connectivity index (χ1v) is 9.01. The quantitative estimate of drug-likeness (QED) is 0.787. The minimum atomic E-state index is -0.269. The fourth-order valence-corrected chi connectivity index (χ4v) is 4.53. The van der Waals surface area contributed by atoms with Gasteiger partial charge in [-0.15, -0.1) is 0 Å². The zero-order chi connectivity index (χ0) is 15.5. The summed E-state index contributed by atoms with van der Waals surface area (Å²) in [6.07, 6.45) is 7.96. The average molecular weight is 300 g/mol. The maximum Gasteiger partial charge on any atom is 0.166 e. The van der Waals surface area contributed by atoms with Crippen LogP contribution in [0.25, 0.3) is 0 Å². The minimum Gasteiger partial charge on any atom is -0.393 e. The van der Waals surface area contributed by atoms with Crippen molar-refractivity contribution in [2.75, 3.05) is 0 Å². The molecule has 1 aromatic rings. The molecule has 1 N–H and O–H groups in total. The molecule has 22 heavy (non-hydrogen) atoms. The third-order valence-electron chi connectivity index (χ3n) is 5.74. The van der Waals surface area contributed by atoms with E-state index in [1.807, 2.05) is 30.3 Å². The van der Waals surface area contributed by atoms with Crippen LogP contribution in [0.5, 0.6) is 0 Å². The molecule has 1 aromatic carbocycles. The first kappa shape index (κ1) is 15.7. The van der Waals surface area contributed by atoms with Gasteiger partial charge in [-0.3, -0.25) is 4.79 Å². The molecular weight excluding hydrogens is 272 g/mol. The van der Waals surface area contributed by atoms with Crippen LogP contribution in [-0.4, -0.2) is 17.0 Å².